The predicted octanol–water partition coefficient (Wildman–Crippen LogP) is 7.20. The van der Waals surface area contributed by atoms with Crippen LogP contribution in [0.4, 0.5) is 0 Å². The van der Waals surface area contributed by atoms with Crippen molar-refractivity contribution in [3.63, 3.8) is 0 Å². The van der Waals surface area contributed by atoms with Gasteiger partial charge in [0.05, 0.1) is 6.54 Å². The summed E-state index contributed by atoms with van der Waals surface area (Å²) in [6.45, 7) is 18.1. The predicted molar refractivity (Wildman–Crippen MR) is 154 cm³/mol. The zero-order valence-corrected chi connectivity index (χ0v) is 24.8. The van der Waals surface area contributed by atoms with Crippen LogP contribution in [0.2, 0.25) is 0 Å². The van der Waals surface area contributed by atoms with E-state index < -0.39 is 0 Å². The molecular weight excluding hydrogens is 464 g/mol. The minimum atomic E-state index is 0.276. The number of rotatable bonds is 12. The molecule has 6 heteroatoms. The summed E-state index contributed by atoms with van der Waals surface area (Å²) in [7, 11) is 0. The standard InChI is InChI=1S/C21H32N2O3.C6H12O.C4H10/c1-4-9-22(10-5-2)21(24)14-23-13-17(11-18(23)6-3)16-7-8-19-20(12-16)26-15-25-19;1-3-4-5-6(2)7;1-3-4-2/h7-8,12,17-18H,4-6,9-11,13-15H2,1-3H3;3-5H2,1-2H3;3-4H2,1-2H3. The first-order valence-electron chi connectivity index (χ1n) is 14.8. The summed E-state index contributed by atoms with van der Waals surface area (Å²) < 4.78 is 11.0. The highest BCUT2D eigenvalue weighted by Crippen LogP contribution is 2.39. The van der Waals surface area contributed by atoms with Crippen molar-refractivity contribution >= 4 is 11.7 Å². The molecule has 2 atom stereocenters. The molecule has 1 aromatic rings. The number of amides is 1. The first kappa shape index (κ1) is 32.9. The van der Waals surface area contributed by atoms with E-state index in [2.05, 4.69) is 58.6 Å². The molecule has 6 nitrogen and oxygen atoms in total. The average molecular weight is 519 g/mol. The molecule has 0 saturated carbocycles. The summed E-state index contributed by atoms with van der Waals surface area (Å²) in [4.78, 5) is 27.4. The van der Waals surface area contributed by atoms with Gasteiger partial charge in [0.1, 0.15) is 5.78 Å². The van der Waals surface area contributed by atoms with Crippen molar-refractivity contribution in [1.29, 1.82) is 0 Å². The van der Waals surface area contributed by atoms with Crippen molar-refractivity contribution in [2.75, 3.05) is 33.0 Å². The van der Waals surface area contributed by atoms with Crippen LogP contribution in [0, 0.1) is 0 Å². The summed E-state index contributed by atoms with van der Waals surface area (Å²) in [6.07, 6.45) is 9.79. The molecule has 37 heavy (non-hydrogen) atoms. The number of nitrogens with zero attached hydrogens (tertiary/aromatic N) is 2. The van der Waals surface area contributed by atoms with Crippen LogP contribution in [0.15, 0.2) is 18.2 Å². The summed E-state index contributed by atoms with van der Waals surface area (Å²) in [5.74, 6) is 2.72. The molecule has 2 heterocycles. The minimum Gasteiger partial charge on any atom is -0.454 e. The van der Waals surface area contributed by atoms with Gasteiger partial charge in [0, 0.05) is 32.1 Å². The molecule has 3 rings (SSSR count). The molecule has 212 valence electrons. The fraction of sp³-hybridized carbons (Fsp3) is 0.742. The second-order valence-electron chi connectivity index (χ2n) is 10.2. The lowest BCUT2D eigenvalue weighted by atomic mass is 9.95. The Morgan fingerprint density at radius 3 is 2.08 bits per heavy atom. The molecule has 2 aliphatic rings. The average Bonchev–Trinajstić information content (AvgIpc) is 3.54. The number of carbonyl (C=O) groups excluding carboxylic acids is 2. The van der Waals surface area contributed by atoms with Gasteiger partial charge < -0.3 is 19.2 Å². The third-order valence-corrected chi connectivity index (χ3v) is 6.93. The van der Waals surface area contributed by atoms with Gasteiger partial charge in [-0.05, 0) is 62.6 Å². The van der Waals surface area contributed by atoms with E-state index in [1.165, 1.54) is 18.4 Å². The van der Waals surface area contributed by atoms with E-state index in [9.17, 15) is 9.59 Å². The zero-order valence-electron chi connectivity index (χ0n) is 24.8. The number of carbonyl (C=O) groups is 2. The zero-order chi connectivity index (χ0) is 27.6. The molecule has 1 amide bonds. The number of Topliss-reactive ketones (excluding diaryl/α,β-unsaturated/α-hetero) is 1. The van der Waals surface area contributed by atoms with Gasteiger partial charge in [-0.3, -0.25) is 9.69 Å². The Hall–Kier alpha value is -2.08. The van der Waals surface area contributed by atoms with Gasteiger partial charge in [0.15, 0.2) is 11.5 Å². The van der Waals surface area contributed by atoms with Crippen molar-refractivity contribution in [2.45, 2.75) is 118 Å². The van der Waals surface area contributed by atoms with Gasteiger partial charge in [-0.25, -0.2) is 0 Å². The van der Waals surface area contributed by atoms with E-state index in [0.29, 0.717) is 31.1 Å². The van der Waals surface area contributed by atoms with E-state index in [1.807, 2.05) is 11.0 Å². The van der Waals surface area contributed by atoms with E-state index in [0.717, 1.165) is 76.1 Å². The third kappa shape index (κ3) is 11.9. The van der Waals surface area contributed by atoms with Gasteiger partial charge >= 0.3 is 0 Å². The Kier molecular flexibility index (Phi) is 17.0. The van der Waals surface area contributed by atoms with Gasteiger partial charge in [0.25, 0.3) is 0 Å². The van der Waals surface area contributed by atoms with Gasteiger partial charge in [-0.2, -0.15) is 0 Å². The molecule has 1 aromatic carbocycles. The van der Waals surface area contributed by atoms with Crippen LogP contribution in [0.25, 0.3) is 0 Å². The second kappa shape index (κ2) is 19.1. The van der Waals surface area contributed by atoms with Crippen molar-refractivity contribution < 1.29 is 19.1 Å². The van der Waals surface area contributed by atoms with Crippen molar-refractivity contribution in [1.82, 2.24) is 9.80 Å². The number of hydrogen-bond acceptors (Lipinski definition) is 5. The number of ether oxygens (including phenoxy) is 2. The fourth-order valence-corrected chi connectivity index (χ4v) is 4.61. The van der Waals surface area contributed by atoms with E-state index in [1.54, 1.807) is 6.92 Å². The lowest BCUT2D eigenvalue weighted by Gasteiger charge is -2.27. The maximum absolute atomic E-state index is 12.8. The molecule has 0 aliphatic carbocycles. The number of hydrogen-bond donors (Lipinski definition) is 0. The molecule has 0 radical (unpaired) electrons. The fourth-order valence-electron chi connectivity index (χ4n) is 4.61. The lowest BCUT2D eigenvalue weighted by Crippen LogP contribution is -2.42. The SMILES string of the molecule is CCCC.CCCCC(C)=O.CCCN(CCC)C(=O)CN1CC(c2ccc3c(c2)OCO3)CC1CC. The Bertz CT molecular complexity index is 774. The number of unbranched alkanes of at least 4 members (excludes halogenated alkanes) is 2. The summed E-state index contributed by atoms with van der Waals surface area (Å²) in [5, 5.41) is 0. The monoisotopic (exact) mass is 518 g/mol. The van der Waals surface area contributed by atoms with E-state index in [4.69, 9.17) is 9.47 Å². The van der Waals surface area contributed by atoms with Crippen LogP contribution in [-0.2, 0) is 9.59 Å². The molecule has 0 spiro atoms. The first-order valence-corrected chi connectivity index (χ1v) is 14.8. The highest BCUT2D eigenvalue weighted by atomic mass is 16.7. The molecule has 1 saturated heterocycles. The summed E-state index contributed by atoms with van der Waals surface area (Å²) in [5.41, 5.74) is 1.29. The molecular formula is C31H54N2O4. The quantitative estimate of drug-likeness (QED) is 0.293. The van der Waals surface area contributed by atoms with E-state index in [-0.39, 0.29) is 5.91 Å². The molecule has 0 N–H and O–H groups in total. The molecule has 2 aliphatic heterocycles. The van der Waals surface area contributed by atoms with Crippen LogP contribution < -0.4 is 9.47 Å². The van der Waals surface area contributed by atoms with Crippen LogP contribution >= 0.6 is 0 Å². The van der Waals surface area contributed by atoms with Crippen LogP contribution in [0.3, 0.4) is 0 Å². The number of ketones is 1. The first-order chi connectivity index (χ1) is 17.8. The molecule has 0 bridgehead atoms. The van der Waals surface area contributed by atoms with Crippen molar-refractivity contribution in [3.8, 4) is 11.5 Å². The Labute approximate surface area is 227 Å². The van der Waals surface area contributed by atoms with Crippen LogP contribution in [0.5, 0.6) is 11.5 Å². The number of likely N-dealkylation sites (tertiary alicyclic amines) is 1. The normalized spacial score (nSPS) is 17.9. The van der Waals surface area contributed by atoms with E-state index >= 15 is 0 Å². The minimum absolute atomic E-state index is 0.276. The maximum atomic E-state index is 12.8. The highest BCUT2D eigenvalue weighted by molar-refractivity contribution is 5.78. The maximum Gasteiger partial charge on any atom is 0.236 e. The molecule has 1 fully saturated rings. The van der Waals surface area contributed by atoms with Crippen LogP contribution in [0.1, 0.15) is 118 Å². The third-order valence-electron chi connectivity index (χ3n) is 6.93. The second-order valence-corrected chi connectivity index (χ2v) is 10.2. The van der Waals surface area contributed by atoms with Gasteiger partial charge in [0.2, 0.25) is 12.7 Å². The molecule has 0 aromatic heterocycles. The topological polar surface area (TPSA) is 59.1 Å². The largest absolute Gasteiger partial charge is 0.454 e. The smallest absolute Gasteiger partial charge is 0.236 e. The highest BCUT2D eigenvalue weighted by Gasteiger charge is 2.34. The van der Waals surface area contributed by atoms with Gasteiger partial charge in [-0.15, -0.1) is 0 Å². The molecule has 2 unspecified atom stereocenters. The Morgan fingerprint density at radius 1 is 0.919 bits per heavy atom. The number of fused-ring (bicyclic) bond motifs is 1. The summed E-state index contributed by atoms with van der Waals surface area (Å²) in [6, 6.07) is 6.75. The van der Waals surface area contributed by atoms with Crippen LogP contribution in [-0.4, -0.2) is 60.5 Å². The van der Waals surface area contributed by atoms with Crippen molar-refractivity contribution in [2.24, 2.45) is 0 Å². The number of benzene rings is 1. The lowest BCUT2D eigenvalue weighted by molar-refractivity contribution is -0.132. The summed E-state index contributed by atoms with van der Waals surface area (Å²) >= 11 is 0. The van der Waals surface area contributed by atoms with Crippen molar-refractivity contribution in [3.05, 3.63) is 23.8 Å². The van der Waals surface area contributed by atoms with Gasteiger partial charge in [-0.1, -0.05) is 66.9 Å². The Balaban J connectivity index is 0.000000525. The Morgan fingerprint density at radius 2 is 1.57 bits per heavy atom.